The van der Waals surface area contributed by atoms with E-state index in [1.807, 2.05) is 25.1 Å². The summed E-state index contributed by atoms with van der Waals surface area (Å²) in [6, 6.07) is 12.2. The first-order chi connectivity index (χ1) is 14.5. The average Bonchev–Trinajstić information content (AvgIpc) is 3.02. The molecule has 2 aromatic carbocycles. The fourth-order valence-electron chi connectivity index (χ4n) is 4.78. The quantitative estimate of drug-likeness (QED) is 0.615. The molecule has 160 valence electrons. The Balaban J connectivity index is 1.67. The molecular formula is C24H28BrNO4. The predicted molar refractivity (Wildman–Crippen MR) is 119 cm³/mol. The van der Waals surface area contributed by atoms with E-state index in [9.17, 15) is 4.79 Å². The summed E-state index contributed by atoms with van der Waals surface area (Å²) in [5.41, 5.74) is 3.59. The van der Waals surface area contributed by atoms with E-state index in [0.29, 0.717) is 18.1 Å². The maximum atomic E-state index is 12.1. The second kappa shape index (κ2) is 8.98. The van der Waals surface area contributed by atoms with Gasteiger partial charge in [0.1, 0.15) is 17.6 Å². The van der Waals surface area contributed by atoms with Crippen LogP contribution in [-0.4, -0.2) is 32.8 Å². The van der Waals surface area contributed by atoms with Crippen molar-refractivity contribution in [2.75, 3.05) is 26.8 Å². The van der Waals surface area contributed by atoms with Gasteiger partial charge in [-0.1, -0.05) is 28.1 Å². The van der Waals surface area contributed by atoms with Crippen molar-refractivity contribution >= 4 is 21.9 Å². The third kappa shape index (κ3) is 4.21. The smallest absolute Gasteiger partial charge is 0.310 e. The number of rotatable bonds is 6. The van der Waals surface area contributed by atoms with Crippen LogP contribution in [0.3, 0.4) is 0 Å². The van der Waals surface area contributed by atoms with Crippen molar-refractivity contribution in [3.63, 3.8) is 0 Å². The van der Waals surface area contributed by atoms with Crippen LogP contribution in [0, 0.1) is 0 Å². The fourth-order valence-corrected chi connectivity index (χ4v) is 5.16. The fraction of sp³-hybridized carbons (Fsp3) is 0.458. The minimum atomic E-state index is -0.253. The van der Waals surface area contributed by atoms with E-state index in [0.717, 1.165) is 42.4 Å². The molecule has 1 N–H and O–H groups in total. The van der Waals surface area contributed by atoms with Gasteiger partial charge in [0, 0.05) is 21.5 Å². The van der Waals surface area contributed by atoms with Crippen molar-refractivity contribution < 1.29 is 19.0 Å². The number of carbonyl (C=O) groups is 1. The topological polar surface area (TPSA) is 56.8 Å². The molecule has 1 atom stereocenters. The number of nitrogens with one attached hydrogen (secondary N) is 1. The first kappa shape index (κ1) is 21.2. The van der Waals surface area contributed by atoms with Crippen molar-refractivity contribution in [1.82, 2.24) is 5.32 Å². The minimum absolute atomic E-state index is 0.0661. The van der Waals surface area contributed by atoms with Gasteiger partial charge < -0.3 is 19.5 Å². The standard InChI is InChI=1S/C24H28BrNO4/c1-3-29-23(27)12-16-4-6-18(28-2)14-21(16)30-22-15-24(8-10-26-11-9-24)20-7-5-17(25)13-19(20)22/h4-7,13-14,22,26H,3,8-12,15H2,1-2H3. The zero-order valence-electron chi connectivity index (χ0n) is 17.5. The van der Waals surface area contributed by atoms with Crippen LogP contribution in [0.4, 0.5) is 0 Å². The van der Waals surface area contributed by atoms with Gasteiger partial charge in [0.25, 0.3) is 0 Å². The van der Waals surface area contributed by atoms with Crippen molar-refractivity contribution in [2.45, 2.75) is 44.1 Å². The van der Waals surface area contributed by atoms with E-state index in [1.165, 1.54) is 11.1 Å². The first-order valence-corrected chi connectivity index (χ1v) is 11.3. The molecule has 1 aliphatic heterocycles. The number of fused-ring (bicyclic) bond motifs is 2. The summed E-state index contributed by atoms with van der Waals surface area (Å²) < 4.78 is 18.2. The van der Waals surface area contributed by atoms with E-state index in [1.54, 1.807) is 7.11 Å². The number of benzene rings is 2. The molecule has 5 nitrogen and oxygen atoms in total. The Morgan fingerprint density at radius 2 is 2.00 bits per heavy atom. The molecule has 1 saturated heterocycles. The molecule has 0 radical (unpaired) electrons. The molecule has 30 heavy (non-hydrogen) atoms. The molecule has 1 heterocycles. The molecular weight excluding hydrogens is 446 g/mol. The Labute approximate surface area is 186 Å². The number of ether oxygens (including phenoxy) is 3. The van der Waals surface area contributed by atoms with E-state index in [-0.39, 0.29) is 23.9 Å². The second-order valence-electron chi connectivity index (χ2n) is 8.03. The van der Waals surface area contributed by atoms with Gasteiger partial charge in [-0.3, -0.25) is 4.79 Å². The van der Waals surface area contributed by atoms with Crippen LogP contribution in [0.25, 0.3) is 0 Å². The lowest BCUT2D eigenvalue weighted by atomic mass is 9.74. The molecule has 1 unspecified atom stereocenters. The van der Waals surface area contributed by atoms with Crippen molar-refractivity contribution in [3.8, 4) is 11.5 Å². The van der Waals surface area contributed by atoms with E-state index >= 15 is 0 Å². The molecule has 0 saturated carbocycles. The van der Waals surface area contributed by atoms with Gasteiger partial charge in [-0.05, 0) is 68.6 Å². The number of esters is 1. The van der Waals surface area contributed by atoms with Crippen LogP contribution >= 0.6 is 15.9 Å². The molecule has 2 aliphatic rings. The van der Waals surface area contributed by atoms with E-state index in [4.69, 9.17) is 14.2 Å². The third-order valence-electron chi connectivity index (χ3n) is 6.25. The Hall–Kier alpha value is -2.05. The van der Waals surface area contributed by atoms with Gasteiger partial charge in [-0.15, -0.1) is 0 Å². The second-order valence-corrected chi connectivity index (χ2v) is 8.94. The Kier molecular flexibility index (Phi) is 6.34. The highest BCUT2D eigenvalue weighted by Crippen LogP contribution is 2.52. The highest BCUT2D eigenvalue weighted by molar-refractivity contribution is 9.10. The highest BCUT2D eigenvalue weighted by atomic mass is 79.9. The summed E-state index contributed by atoms with van der Waals surface area (Å²) in [6.45, 7) is 4.23. The number of methoxy groups -OCH3 is 1. The SMILES string of the molecule is CCOC(=O)Cc1ccc(OC)cc1OC1CC2(CCNCC2)c2ccc(Br)cc21. The van der Waals surface area contributed by atoms with Gasteiger partial charge in [-0.25, -0.2) is 0 Å². The van der Waals surface area contributed by atoms with Crippen molar-refractivity contribution in [1.29, 1.82) is 0 Å². The lowest BCUT2D eigenvalue weighted by molar-refractivity contribution is -0.142. The van der Waals surface area contributed by atoms with Gasteiger partial charge in [0.15, 0.2) is 0 Å². The molecule has 0 aromatic heterocycles. The van der Waals surface area contributed by atoms with Crippen LogP contribution in [-0.2, 0) is 21.4 Å². The molecule has 1 fully saturated rings. The maximum Gasteiger partial charge on any atom is 0.310 e. The normalized spacial score (nSPS) is 19.4. The predicted octanol–water partition coefficient (Wildman–Crippen LogP) is 4.71. The average molecular weight is 474 g/mol. The first-order valence-electron chi connectivity index (χ1n) is 10.5. The van der Waals surface area contributed by atoms with Gasteiger partial charge in [0.2, 0.25) is 0 Å². The number of carbonyl (C=O) groups excluding carboxylic acids is 1. The van der Waals surface area contributed by atoms with E-state index in [2.05, 4.69) is 39.4 Å². The lowest BCUT2D eigenvalue weighted by Crippen LogP contribution is -2.38. The van der Waals surface area contributed by atoms with Gasteiger partial charge in [-0.2, -0.15) is 0 Å². The zero-order valence-corrected chi connectivity index (χ0v) is 19.1. The van der Waals surface area contributed by atoms with Crippen LogP contribution in [0.5, 0.6) is 11.5 Å². The minimum Gasteiger partial charge on any atom is -0.497 e. The zero-order chi connectivity index (χ0) is 21.1. The lowest BCUT2D eigenvalue weighted by Gasteiger charge is -2.35. The van der Waals surface area contributed by atoms with Gasteiger partial charge in [0.05, 0.1) is 20.1 Å². The van der Waals surface area contributed by atoms with Gasteiger partial charge >= 0.3 is 5.97 Å². The number of piperidine rings is 1. The van der Waals surface area contributed by atoms with Crippen molar-refractivity contribution in [2.24, 2.45) is 0 Å². The molecule has 4 rings (SSSR count). The van der Waals surface area contributed by atoms with Crippen LogP contribution in [0.15, 0.2) is 40.9 Å². The summed E-state index contributed by atoms with van der Waals surface area (Å²) >= 11 is 3.63. The Bertz CT molecular complexity index is 923. The molecule has 1 spiro atoms. The third-order valence-corrected chi connectivity index (χ3v) is 6.75. The van der Waals surface area contributed by atoms with Crippen LogP contribution in [0.2, 0.25) is 0 Å². The Morgan fingerprint density at radius 3 is 2.73 bits per heavy atom. The Morgan fingerprint density at radius 1 is 1.20 bits per heavy atom. The van der Waals surface area contributed by atoms with Crippen LogP contribution < -0.4 is 14.8 Å². The summed E-state index contributed by atoms with van der Waals surface area (Å²) in [7, 11) is 1.64. The summed E-state index contributed by atoms with van der Waals surface area (Å²) in [5.74, 6) is 1.14. The van der Waals surface area contributed by atoms with Crippen LogP contribution in [0.1, 0.15) is 49.0 Å². The largest absolute Gasteiger partial charge is 0.497 e. The number of hydrogen-bond acceptors (Lipinski definition) is 5. The molecule has 6 heteroatoms. The molecule has 0 bridgehead atoms. The monoisotopic (exact) mass is 473 g/mol. The van der Waals surface area contributed by atoms with E-state index < -0.39 is 0 Å². The molecule has 2 aromatic rings. The molecule has 0 amide bonds. The summed E-state index contributed by atoms with van der Waals surface area (Å²) in [4.78, 5) is 12.1. The summed E-state index contributed by atoms with van der Waals surface area (Å²) in [5, 5.41) is 3.48. The maximum absolute atomic E-state index is 12.1. The number of halogens is 1. The molecule has 1 aliphatic carbocycles. The number of hydrogen-bond donors (Lipinski definition) is 1. The van der Waals surface area contributed by atoms with Crippen molar-refractivity contribution in [3.05, 3.63) is 57.6 Å². The highest BCUT2D eigenvalue weighted by Gasteiger charge is 2.45. The summed E-state index contributed by atoms with van der Waals surface area (Å²) in [6.07, 6.45) is 3.27.